The molecule has 3 heteroatoms. The number of nitrogens with one attached hydrogen (secondary N) is 1. The van der Waals surface area contributed by atoms with Gasteiger partial charge in [0.25, 0.3) is 0 Å². The van der Waals surface area contributed by atoms with Gasteiger partial charge in [0, 0.05) is 30.7 Å². The number of fused-ring (bicyclic) bond motifs is 3. The maximum Gasteiger partial charge on any atom is 0.0610 e. The smallest absolute Gasteiger partial charge is 0.0610 e. The second-order valence-corrected chi connectivity index (χ2v) is 4.96. The molecule has 3 fully saturated rings. The minimum Gasteiger partial charge on any atom is -0.394 e. The molecule has 2 N–H and O–H groups in total. The number of hydrogen-bond donors (Lipinski definition) is 2. The monoisotopic (exact) mass is 184 g/mol. The summed E-state index contributed by atoms with van der Waals surface area (Å²) in [5.74, 6) is 0. The molecule has 3 aliphatic heterocycles. The van der Waals surface area contributed by atoms with Crippen molar-refractivity contribution in [2.24, 2.45) is 0 Å². The average Bonchev–Trinajstić information content (AvgIpc) is 2.19. The third-order valence-corrected chi connectivity index (χ3v) is 3.51. The van der Waals surface area contributed by atoms with E-state index in [4.69, 9.17) is 0 Å². The van der Waals surface area contributed by atoms with Crippen molar-refractivity contribution in [3.63, 3.8) is 0 Å². The van der Waals surface area contributed by atoms with Crippen LogP contribution in [-0.4, -0.2) is 47.3 Å². The van der Waals surface area contributed by atoms with Crippen LogP contribution in [0.15, 0.2) is 0 Å². The van der Waals surface area contributed by atoms with Gasteiger partial charge in [-0.1, -0.05) is 0 Å². The molecular formula is C10H20N2O. The van der Waals surface area contributed by atoms with E-state index < -0.39 is 0 Å². The van der Waals surface area contributed by atoms with Crippen LogP contribution in [0.4, 0.5) is 0 Å². The number of nitrogens with zero attached hydrogens (tertiary/aromatic N) is 1. The van der Waals surface area contributed by atoms with E-state index in [1.54, 1.807) is 0 Å². The topological polar surface area (TPSA) is 35.5 Å². The van der Waals surface area contributed by atoms with Crippen LogP contribution < -0.4 is 5.32 Å². The van der Waals surface area contributed by atoms with Gasteiger partial charge in [-0.05, 0) is 26.7 Å². The molecule has 2 atom stereocenters. The second kappa shape index (κ2) is 3.23. The molecule has 76 valence electrons. The number of aliphatic hydroxyl groups is 1. The van der Waals surface area contributed by atoms with E-state index in [1.165, 1.54) is 12.8 Å². The Morgan fingerprint density at radius 3 is 2.62 bits per heavy atom. The van der Waals surface area contributed by atoms with Crippen molar-refractivity contribution in [2.45, 2.75) is 44.3 Å². The first-order valence-corrected chi connectivity index (χ1v) is 5.24. The summed E-state index contributed by atoms with van der Waals surface area (Å²) in [6.07, 6.45) is 2.60. The van der Waals surface area contributed by atoms with Crippen LogP contribution in [0, 0.1) is 0 Å². The van der Waals surface area contributed by atoms with Crippen LogP contribution in [0.1, 0.15) is 26.7 Å². The molecule has 0 unspecified atom stereocenters. The Bertz CT molecular complexity index is 185. The largest absolute Gasteiger partial charge is 0.394 e. The van der Waals surface area contributed by atoms with Gasteiger partial charge in [0.05, 0.1) is 6.61 Å². The fraction of sp³-hybridized carbons (Fsp3) is 1.00. The van der Waals surface area contributed by atoms with E-state index in [1.807, 2.05) is 0 Å². The quantitative estimate of drug-likeness (QED) is 0.643. The predicted octanol–water partition coefficient (Wildman–Crippen LogP) is 0.193. The summed E-state index contributed by atoms with van der Waals surface area (Å²) in [6.45, 7) is 6.74. The van der Waals surface area contributed by atoms with E-state index in [0.29, 0.717) is 12.1 Å². The first-order valence-electron chi connectivity index (χ1n) is 5.24. The molecule has 2 bridgehead atoms. The minimum absolute atomic E-state index is 0.0363. The number of aliphatic hydroxyl groups excluding tert-OH is 1. The molecule has 3 aliphatic rings. The number of piperazine rings is 1. The zero-order chi connectivity index (χ0) is 9.47. The van der Waals surface area contributed by atoms with Crippen molar-refractivity contribution >= 4 is 0 Å². The SMILES string of the molecule is CC(C)(CO)N1C[C@@H]2CC[C@H]1CN2. The summed E-state index contributed by atoms with van der Waals surface area (Å²) in [4.78, 5) is 2.47. The minimum atomic E-state index is -0.0363. The van der Waals surface area contributed by atoms with Crippen LogP contribution in [-0.2, 0) is 0 Å². The van der Waals surface area contributed by atoms with Gasteiger partial charge >= 0.3 is 0 Å². The molecule has 0 aromatic heterocycles. The van der Waals surface area contributed by atoms with E-state index in [0.717, 1.165) is 13.1 Å². The van der Waals surface area contributed by atoms with Crippen LogP contribution in [0.3, 0.4) is 0 Å². The summed E-state index contributed by atoms with van der Waals surface area (Å²) in [7, 11) is 0. The summed E-state index contributed by atoms with van der Waals surface area (Å²) < 4.78 is 0. The Hall–Kier alpha value is -0.120. The molecule has 0 amide bonds. The van der Waals surface area contributed by atoms with Crippen molar-refractivity contribution in [3.05, 3.63) is 0 Å². The average molecular weight is 184 g/mol. The molecule has 0 aromatic carbocycles. The molecule has 3 heterocycles. The summed E-state index contributed by atoms with van der Waals surface area (Å²) in [5, 5.41) is 12.8. The Balaban J connectivity index is 2.08. The van der Waals surface area contributed by atoms with Crippen molar-refractivity contribution in [2.75, 3.05) is 19.7 Å². The first kappa shape index (κ1) is 9.44. The van der Waals surface area contributed by atoms with Gasteiger partial charge in [0.2, 0.25) is 0 Å². The van der Waals surface area contributed by atoms with Gasteiger partial charge in [-0.3, -0.25) is 4.90 Å². The van der Waals surface area contributed by atoms with E-state index in [9.17, 15) is 5.11 Å². The molecule has 13 heavy (non-hydrogen) atoms. The lowest BCUT2D eigenvalue weighted by atomic mass is 9.88. The highest BCUT2D eigenvalue weighted by molar-refractivity contribution is 4.98. The number of piperidine rings is 2. The maximum atomic E-state index is 9.31. The summed E-state index contributed by atoms with van der Waals surface area (Å²) >= 11 is 0. The van der Waals surface area contributed by atoms with E-state index in [-0.39, 0.29) is 12.1 Å². The molecule has 3 nitrogen and oxygen atoms in total. The Morgan fingerprint density at radius 1 is 1.46 bits per heavy atom. The molecular weight excluding hydrogens is 164 g/mol. The maximum absolute atomic E-state index is 9.31. The van der Waals surface area contributed by atoms with Crippen molar-refractivity contribution in [1.82, 2.24) is 10.2 Å². The highest BCUT2D eigenvalue weighted by Gasteiger charge is 2.40. The van der Waals surface area contributed by atoms with Crippen LogP contribution >= 0.6 is 0 Å². The Morgan fingerprint density at radius 2 is 2.23 bits per heavy atom. The van der Waals surface area contributed by atoms with E-state index in [2.05, 4.69) is 24.1 Å². The van der Waals surface area contributed by atoms with Gasteiger partial charge in [0.15, 0.2) is 0 Å². The number of rotatable bonds is 2. The molecule has 0 spiro atoms. The Kier molecular flexibility index (Phi) is 2.34. The molecule has 3 rings (SSSR count). The standard InChI is InChI=1S/C10H20N2O/c1-10(2,7-13)12-6-8-3-4-9(12)5-11-8/h8-9,11,13H,3-7H2,1-2H3/t8-,9-/m0/s1. The predicted molar refractivity (Wildman–Crippen MR) is 52.7 cm³/mol. The Labute approximate surface area is 80.1 Å². The second-order valence-electron chi connectivity index (χ2n) is 4.96. The van der Waals surface area contributed by atoms with Crippen molar-refractivity contribution < 1.29 is 5.11 Å². The molecule has 0 aromatic rings. The lowest BCUT2D eigenvalue weighted by Gasteiger charge is -2.52. The number of hydrogen-bond acceptors (Lipinski definition) is 3. The zero-order valence-electron chi connectivity index (χ0n) is 8.58. The normalized spacial score (nSPS) is 35.3. The third-order valence-electron chi connectivity index (χ3n) is 3.51. The van der Waals surface area contributed by atoms with Gasteiger partial charge in [-0.15, -0.1) is 0 Å². The summed E-state index contributed by atoms with van der Waals surface area (Å²) in [6, 6.07) is 1.31. The molecule has 0 aliphatic carbocycles. The van der Waals surface area contributed by atoms with Gasteiger partial charge in [-0.2, -0.15) is 0 Å². The highest BCUT2D eigenvalue weighted by Crippen LogP contribution is 2.28. The van der Waals surface area contributed by atoms with Gasteiger partial charge < -0.3 is 10.4 Å². The molecule has 3 saturated heterocycles. The lowest BCUT2D eigenvalue weighted by molar-refractivity contribution is -0.0310. The fourth-order valence-electron chi connectivity index (χ4n) is 2.54. The van der Waals surface area contributed by atoms with Gasteiger partial charge in [0.1, 0.15) is 0 Å². The van der Waals surface area contributed by atoms with Crippen molar-refractivity contribution in [1.29, 1.82) is 0 Å². The zero-order valence-corrected chi connectivity index (χ0v) is 8.58. The van der Waals surface area contributed by atoms with Gasteiger partial charge in [-0.25, -0.2) is 0 Å². The highest BCUT2D eigenvalue weighted by atomic mass is 16.3. The lowest BCUT2D eigenvalue weighted by Crippen LogP contribution is -2.67. The van der Waals surface area contributed by atoms with E-state index >= 15 is 0 Å². The summed E-state index contributed by atoms with van der Waals surface area (Å²) in [5.41, 5.74) is -0.0363. The first-order chi connectivity index (χ1) is 6.13. The molecule has 0 saturated carbocycles. The van der Waals surface area contributed by atoms with Crippen LogP contribution in [0.5, 0.6) is 0 Å². The molecule has 0 radical (unpaired) electrons. The third kappa shape index (κ3) is 1.60. The van der Waals surface area contributed by atoms with Crippen molar-refractivity contribution in [3.8, 4) is 0 Å². The van der Waals surface area contributed by atoms with Crippen LogP contribution in [0.2, 0.25) is 0 Å². The van der Waals surface area contributed by atoms with Crippen LogP contribution in [0.25, 0.3) is 0 Å². The fourth-order valence-corrected chi connectivity index (χ4v) is 2.54.